The third-order valence-electron chi connectivity index (χ3n) is 1.72. The van der Waals surface area contributed by atoms with Gasteiger partial charge in [-0.15, -0.1) is 0 Å². The van der Waals surface area contributed by atoms with Crippen molar-refractivity contribution in [3.05, 3.63) is 0 Å². The summed E-state index contributed by atoms with van der Waals surface area (Å²) in [7, 11) is -4.26. The molecule has 0 saturated heterocycles. The number of hydrogen-bond acceptors (Lipinski definition) is 4. The lowest BCUT2D eigenvalue weighted by atomic mass is 10.1. The van der Waals surface area contributed by atoms with E-state index in [9.17, 15) is 8.42 Å². The Hall–Kier alpha value is 0.220. The lowest BCUT2D eigenvalue weighted by Crippen LogP contribution is -1.97. The monoisotopic (exact) mass is 242 g/mol. The molecule has 0 aromatic heterocycles. The minimum absolute atomic E-state index is 0.603. The van der Waals surface area contributed by atoms with E-state index in [1.807, 2.05) is 0 Å². The van der Waals surface area contributed by atoms with Crippen molar-refractivity contribution >= 4 is 22.4 Å². The summed E-state index contributed by atoms with van der Waals surface area (Å²) in [4.78, 5) is 0. The first kappa shape index (κ1) is 14.2. The van der Waals surface area contributed by atoms with E-state index in [1.54, 1.807) is 0 Å². The maximum absolute atomic E-state index is 10.1. The zero-order chi connectivity index (χ0) is 10.9. The van der Waals surface area contributed by atoms with Crippen LogP contribution in [0.15, 0.2) is 0 Å². The lowest BCUT2D eigenvalue weighted by molar-refractivity contribution is 0.407. The molecule has 1 N–H and O–H groups in total. The van der Waals surface area contributed by atoms with Gasteiger partial charge in [0, 0.05) is 17.8 Å². The molecule has 0 atom stereocenters. The summed E-state index contributed by atoms with van der Waals surface area (Å²) >= 11 is 0.786. The molecule has 0 unspecified atom stereocenters. The summed E-state index contributed by atoms with van der Waals surface area (Å²) in [5, 5.41) is 0. The van der Waals surface area contributed by atoms with Gasteiger partial charge in [0.05, 0.1) is 0 Å². The van der Waals surface area contributed by atoms with E-state index in [1.165, 1.54) is 25.7 Å². The molecule has 0 aliphatic heterocycles. The molecule has 0 heterocycles. The Morgan fingerprint density at radius 2 is 1.71 bits per heavy atom. The maximum atomic E-state index is 10.1. The van der Waals surface area contributed by atoms with Crippen molar-refractivity contribution in [3.8, 4) is 0 Å². The van der Waals surface area contributed by atoms with Gasteiger partial charge in [-0.1, -0.05) is 39.0 Å². The quantitative estimate of drug-likeness (QED) is 0.382. The van der Waals surface area contributed by atoms with E-state index in [4.69, 9.17) is 4.55 Å². The fourth-order valence-corrected chi connectivity index (χ4v) is 2.12. The normalized spacial score (nSPS) is 11.9. The highest BCUT2D eigenvalue weighted by molar-refractivity contribution is 8.02. The Morgan fingerprint density at radius 1 is 1.14 bits per heavy atom. The third kappa shape index (κ3) is 12.2. The highest BCUT2D eigenvalue weighted by Gasteiger charge is 2.03. The van der Waals surface area contributed by atoms with Gasteiger partial charge in [-0.3, -0.25) is 4.55 Å². The average Bonchev–Trinajstić information content (AvgIpc) is 2.08. The van der Waals surface area contributed by atoms with E-state index < -0.39 is 10.4 Å². The third-order valence-corrected chi connectivity index (χ3v) is 3.24. The van der Waals surface area contributed by atoms with E-state index in [0.717, 1.165) is 24.9 Å². The molecule has 4 nitrogen and oxygen atoms in total. The summed E-state index contributed by atoms with van der Waals surface area (Å²) in [6.45, 7) is 2.16. The molecule has 0 amide bonds. The van der Waals surface area contributed by atoms with Crippen LogP contribution in [0.25, 0.3) is 0 Å². The van der Waals surface area contributed by atoms with Crippen molar-refractivity contribution in [2.45, 2.75) is 45.4 Å². The molecule has 6 heteroatoms. The highest BCUT2D eigenvalue weighted by Crippen LogP contribution is 2.12. The van der Waals surface area contributed by atoms with Crippen LogP contribution in [0.3, 0.4) is 0 Å². The molecule has 0 fully saturated rings. The summed E-state index contributed by atoms with van der Waals surface area (Å²) in [5.41, 5.74) is 0. The lowest BCUT2D eigenvalue weighted by Gasteiger charge is -1.99. The van der Waals surface area contributed by atoms with Gasteiger partial charge in [0.1, 0.15) is 0 Å². The second kappa shape index (κ2) is 8.52. The summed E-state index contributed by atoms with van der Waals surface area (Å²) < 4.78 is 32.6. The van der Waals surface area contributed by atoms with Crippen molar-refractivity contribution in [2.75, 3.05) is 5.75 Å². The largest absolute Gasteiger partial charge is 0.408 e. The highest BCUT2D eigenvalue weighted by atomic mass is 32.3. The van der Waals surface area contributed by atoms with Gasteiger partial charge in [-0.2, -0.15) is 12.0 Å². The number of rotatable bonds is 9. The molecular formula is C8H18O4S2. The van der Waals surface area contributed by atoms with Crippen molar-refractivity contribution in [1.82, 2.24) is 0 Å². The van der Waals surface area contributed by atoms with Crippen molar-refractivity contribution in [2.24, 2.45) is 0 Å². The van der Waals surface area contributed by atoms with Crippen LogP contribution < -0.4 is 0 Å². The predicted molar refractivity (Wildman–Crippen MR) is 58.5 cm³/mol. The van der Waals surface area contributed by atoms with Crippen LogP contribution in [-0.4, -0.2) is 18.7 Å². The molecule has 0 spiro atoms. The van der Waals surface area contributed by atoms with Gasteiger partial charge in [0.2, 0.25) is 0 Å². The maximum Gasteiger partial charge on any atom is 0.408 e. The predicted octanol–water partition coefficient (Wildman–Crippen LogP) is 2.81. The van der Waals surface area contributed by atoms with Crippen LogP contribution in [0.2, 0.25) is 0 Å². The van der Waals surface area contributed by atoms with Crippen LogP contribution in [-0.2, 0) is 14.0 Å². The Morgan fingerprint density at radius 3 is 2.29 bits per heavy atom. The second-order valence-corrected chi connectivity index (χ2v) is 5.13. The Bertz CT molecular complexity index is 213. The van der Waals surface area contributed by atoms with Gasteiger partial charge in [-0.05, 0) is 6.42 Å². The molecule has 0 radical (unpaired) electrons. The van der Waals surface area contributed by atoms with Gasteiger partial charge in [-0.25, -0.2) is 0 Å². The van der Waals surface area contributed by atoms with Gasteiger partial charge in [0.15, 0.2) is 0 Å². The summed E-state index contributed by atoms with van der Waals surface area (Å²) in [5.74, 6) is 0.603. The molecular weight excluding hydrogens is 224 g/mol. The van der Waals surface area contributed by atoms with Crippen LogP contribution >= 0.6 is 12.0 Å². The second-order valence-electron chi connectivity index (χ2n) is 3.09. The first-order valence-corrected chi connectivity index (χ1v) is 7.12. The minimum Gasteiger partial charge on any atom is -0.263 e. The summed E-state index contributed by atoms with van der Waals surface area (Å²) in [6, 6.07) is 0. The molecule has 86 valence electrons. The Labute approximate surface area is 90.6 Å². The Balaban J connectivity index is 3.07. The molecule has 0 rings (SSSR count). The minimum atomic E-state index is -4.26. The Kier molecular flexibility index (Phi) is 8.66. The van der Waals surface area contributed by atoms with Crippen molar-refractivity contribution < 1.29 is 16.6 Å². The van der Waals surface area contributed by atoms with Gasteiger partial charge in [0.25, 0.3) is 0 Å². The molecule has 0 aliphatic rings. The summed E-state index contributed by atoms with van der Waals surface area (Å²) in [6.07, 6.45) is 6.90. The van der Waals surface area contributed by atoms with Crippen molar-refractivity contribution in [1.29, 1.82) is 0 Å². The zero-order valence-corrected chi connectivity index (χ0v) is 10.1. The molecule has 0 bridgehead atoms. The average molecular weight is 242 g/mol. The fraction of sp³-hybridized carbons (Fsp3) is 1.00. The first-order valence-electron chi connectivity index (χ1n) is 4.85. The van der Waals surface area contributed by atoms with Gasteiger partial charge >= 0.3 is 10.4 Å². The van der Waals surface area contributed by atoms with Gasteiger partial charge < -0.3 is 0 Å². The SMILES string of the molecule is CCCCCCCCSOS(=O)(=O)O. The smallest absolute Gasteiger partial charge is 0.263 e. The van der Waals surface area contributed by atoms with E-state index >= 15 is 0 Å². The molecule has 0 aromatic carbocycles. The van der Waals surface area contributed by atoms with E-state index in [0.29, 0.717) is 5.75 Å². The van der Waals surface area contributed by atoms with Crippen LogP contribution in [0.5, 0.6) is 0 Å². The number of hydrogen-bond donors (Lipinski definition) is 1. The molecule has 0 aromatic rings. The topological polar surface area (TPSA) is 63.6 Å². The zero-order valence-electron chi connectivity index (χ0n) is 8.44. The van der Waals surface area contributed by atoms with Crippen molar-refractivity contribution in [3.63, 3.8) is 0 Å². The van der Waals surface area contributed by atoms with Crippen LogP contribution in [0.4, 0.5) is 0 Å². The first-order chi connectivity index (χ1) is 6.56. The van der Waals surface area contributed by atoms with E-state index in [-0.39, 0.29) is 0 Å². The van der Waals surface area contributed by atoms with Crippen LogP contribution in [0.1, 0.15) is 45.4 Å². The molecule has 14 heavy (non-hydrogen) atoms. The standard InChI is InChI=1S/C8H18O4S2/c1-2-3-4-5-6-7-8-13-12-14(9,10)11/h2-8H2,1H3,(H,9,10,11). The molecule has 0 saturated carbocycles. The molecule has 0 aliphatic carbocycles. The fourth-order valence-electron chi connectivity index (χ4n) is 1.04. The van der Waals surface area contributed by atoms with E-state index in [2.05, 4.69) is 10.6 Å². The number of unbranched alkanes of at least 4 members (excludes halogenated alkanes) is 5. The van der Waals surface area contributed by atoms with Crippen LogP contribution in [0, 0.1) is 0 Å².